The Kier molecular flexibility index (Phi) is 50.4. The van der Waals surface area contributed by atoms with E-state index in [0.717, 1.165) is 127 Å². The molecule has 0 aliphatic rings. The molecule has 0 fully saturated rings. The molecule has 18 nitrogen and oxygen atoms in total. The highest BCUT2D eigenvalue weighted by Crippen LogP contribution is 2.17. The van der Waals surface area contributed by atoms with E-state index in [9.17, 15) is 19.2 Å². The van der Waals surface area contributed by atoms with Gasteiger partial charge in [0.1, 0.15) is 0 Å². The van der Waals surface area contributed by atoms with Crippen molar-refractivity contribution in [2.24, 2.45) is 11.5 Å². The van der Waals surface area contributed by atoms with Crippen molar-refractivity contribution in [1.82, 2.24) is 39.6 Å². The SMILES string of the molecule is CCCCCCCCCCN(CC(N)=O)C(=O)CN(CCCCCCCCCC)C(=O)CN(CCCCCCCCCC)C(=O)CN(CCCCCCCCCC)C(=O)CN(CCc1ccccc1)C(=O)CN(CCc1ccccc1)C(=O)CN(CCN)C(=O)CNC(C)C. The largest absolute Gasteiger partial charge is 0.368 e. The average molecular weight is 1330 g/mol. The summed E-state index contributed by atoms with van der Waals surface area (Å²) in [7, 11) is 0. The highest BCUT2D eigenvalue weighted by atomic mass is 16.2. The lowest BCUT2D eigenvalue weighted by Gasteiger charge is -2.32. The fourth-order valence-electron chi connectivity index (χ4n) is 11.9. The maximum absolute atomic E-state index is 15.3. The Bertz CT molecular complexity index is 2340. The van der Waals surface area contributed by atoms with E-state index < -0.39 is 29.5 Å². The van der Waals surface area contributed by atoms with E-state index in [0.29, 0.717) is 51.6 Å². The molecule has 2 aromatic rings. The van der Waals surface area contributed by atoms with Gasteiger partial charge in [0, 0.05) is 58.4 Å². The fourth-order valence-corrected chi connectivity index (χ4v) is 11.9. The molecule has 0 aromatic heterocycles. The lowest BCUT2D eigenvalue weighted by molar-refractivity contribution is -0.148. The van der Waals surface area contributed by atoms with E-state index in [1.165, 1.54) is 83.8 Å². The summed E-state index contributed by atoms with van der Waals surface area (Å²) in [5.41, 5.74) is 13.7. The highest BCUT2D eigenvalue weighted by molar-refractivity contribution is 5.93. The van der Waals surface area contributed by atoms with Gasteiger partial charge in [-0.1, -0.05) is 282 Å². The molecular weight excluding hydrogens is 1190 g/mol. The smallest absolute Gasteiger partial charge is 0.242 e. The van der Waals surface area contributed by atoms with Gasteiger partial charge in [-0.2, -0.15) is 0 Å². The number of hydrogen-bond acceptors (Lipinski definition) is 10. The number of hydrogen-bond donors (Lipinski definition) is 3. The van der Waals surface area contributed by atoms with Crippen molar-refractivity contribution in [3.05, 3.63) is 71.8 Å². The van der Waals surface area contributed by atoms with E-state index in [1.54, 1.807) is 14.7 Å². The van der Waals surface area contributed by atoms with Crippen molar-refractivity contribution in [3.63, 3.8) is 0 Å². The second kappa shape index (κ2) is 56.2. The van der Waals surface area contributed by atoms with Crippen molar-refractivity contribution in [3.8, 4) is 0 Å². The number of unbranched alkanes of at least 4 members (excludes halogenated alkanes) is 28. The second-order valence-electron chi connectivity index (χ2n) is 26.9. The Labute approximate surface area is 576 Å². The van der Waals surface area contributed by atoms with Gasteiger partial charge in [-0.25, -0.2) is 0 Å². The molecule has 0 atom stereocenters. The molecule has 0 saturated heterocycles. The second-order valence-corrected chi connectivity index (χ2v) is 26.9. The summed E-state index contributed by atoms with van der Waals surface area (Å²) in [6.07, 6.45) is 34.1. The lowest BCUT2D eigenvalue weighted by Crippen LogP contribution is -2.53. The monoisotopic (exact) mass is 1330 g/mol. The zero-order chi connectivity index (χ0) is 69.5. The Hall–Kier alpha value is -5.88. The number of nitrogens with one attached hydrogen (secondary N) is 1. The third-order valence-electron chi connectivity index (χ3n) is 18.0. The zero-order valence-electron chi connectivity index (χ0n) is 60.8. The first kappa shape index (κ1) is 85.2. The third kappa shape index (κ3) is 42.4. The molecule has 0 aliphatic heterocycles. The molecule has 0 unspecified atom stereocenters. The van der Waals surface area contributed by atoms with E-state index in [1.807, 2.05) is 74.5 Å². The van der Waals surface area contributed by atoms with Crippen LogP contribution in [-0.2, 0) is 51.2 Å². The molecule has 8 amide bonds. The molecule has 0 heterocycles. The van der Waals surface area contributed by atoms with Gasteiger partial charge in [0.05, 0.1) is 52.4 Å². The molecule has 18 heteroatoms. The van der Waals surface area contributed by atoms with Gasteiger partial charge in [0.2, 0.25) is 47.3 Å². The van der Waals surface area contributed by atoms with Crippen LogP contribution < -0.4 is 16.8 Å². The molecule has 0 radical (unpaired) electrons. The van der Waals surface area contributed by atoms with E-state index in [-0.39, 0.29) is 115 Å². The van der Waals surface area contributed by atoms with Gasteiger partial charge < -0.3 is 51.1 Å². The van der Waals surface area contributed by atoms with Crippen LogP contribution in [0.5, 0.6) is 0 Å². The minimum atomic E-state index is -0.614. The summed E-state index contributed by atoms with van der Waals surface area (Å²) in [6, 6.07) is 19.4. The maximum atomic E-state index is 15.3. The molecule has 2 aromatic carbocycles. The first-order chi connectivity index (χ1) is 46.1. The van der Waals surface area contributed by atoms with Gasteiger partial charge in [-0.15, -0.1) is 0 Å². The summed E-state index contributed by atoms with van der Waals surface area (Å²) in [5.74, 6) is -3.31. The third-order valence-corrected chi connectivity index (χ3v) is 18.0. The first-order valence-corrected chi connectivity index (χ1v) is 37.8. The first-order valence-electron chi connectivity index (χ1n) is 37.8. The van der Waals surface area contributed by atoms with Gasteiger partial charge in [-0.3, -0.25) is 38.4 Å². The summed E-state index contributed by atoms with van der Waals surface area (Å²) >= 11 is 0. The fraction of sp³-hybridized carbons (Fsp3) is 0.740. The number of primary amides is 1. The number of carbonyl (C=O) groups is 8. The van der Waals surface area contributed by atoms with Crippen molar-refractivity contribution < 1.29 is 38.4 Å². The summed E-state index contributed by atoms with van der Waals surface area (Å²) in [4.78, 5) is 126. The zero-order valence-corrected chi connectivity index (χ0v) is 60.8. The van der Waals surface area contributed by atoms with Crippen molar-refractivity contribution in [2.75, 3.05) is 105 Å². The predicted molar refractivity (Wildman–Crippen MR) is 388 cm³/mol. The Balaban J connectivity index is 2.65. The van der Waals surface area contributed by atoms with E-state index in [4.69, 9.17) is 11.5 Å². The van der Waals surface area contributed by atoms with Crippen LogP contribution in [0, 0.1) is 0 Å². The van der Waals surface area contributed by atoms with Crippen molar-refractivity contribution in [2.45, 2.75) is 266 Å². The number of nitrogens with two attached hydrogens (primary N) is 2. The molecule has 95 heavy (non-hydrogen) atoms. The summed E-state index contributed by atoms with van der Waals surface area (Å²) < 4.78 is 0. The maximum Gasteiger partial charge on any atom is 0.242 e. The van der Waals surface area contributed by atoms with Gasteiger partial charge in [-0.05, 0) is 49.7 Å². The number of benzene rings is 2. The topological polar surface area (TPSA) is 223 Å². The van der Waals surface area contributed by atoms with Gasteiger partial charge >= 0.3 is 0 Å². The summed E-state index contributed by atoms with van der Waals surface area (Å²) in [6.45, 7) is 12.4. The molecule has 5 N–H and O–H groups in total. The number of rotatable bonds is 61. The molecular formula is C77H134N10O8. The number of nitrogens with zero attached hydrogens (tertiary/aromatic N) is 7. The van der Waals surface area contributed by atoms with Gasteiger partial charge in [0.25, 0.3) is 0 Å². The van der Waals surface area contributed by atoms with Crippen LogP contribution in [0.3, 0.4) is 0 Å². The van der Waals surface area contributed by atoms with E-state index in [2.05, 4.69) is 33.0 Å². The van der Waals surface area contributed by atoms with Gasteiger partial charge in [0.15, 0.2) is 0 Å². The normalized spacial score (nSPS) is 11.2. The van der Waals surface area contributed by atoms with Crippen LogP contribution in [0.1, 0.15) is 258 Å². The van der Waals surface area contributed by atoms with Crippen molar-refractivity contribution >= 4 is 47.3 Å². The lowest BCUT2D eigenvalue weighted by atomic mass is 10.1. The molecule has 0 saturated carbocycles. The molecule has 2 rings (SSSR count). The van der Waals surface area contributed by atoms with Crippen LogP contribution in [0.15, 0.2) is 60.7 Å². The quantitative estimate of drug-likeness (QED) is 0.0531. The number of amides is 8. The van der Waals surface area contributed by atoms with Crippen LogP contribution in [0.25, 0.3) is 0 Å². The van der Waals surface area contributed by atoms with E-state index >= 15 is 19.2 Å². The Morgan fingerprint density at radius 2 is 0.547 bits per heavy atom. The molecule has 0 spiro atoms. The van der Waals surface area contributed by atoms with Crippen LogP contribution in [0.4, 0.5) is 0 Å². The Morgan fingerprint density at radius 1 is 0.316 bits per heavy atom. The number of carbonyl (C=O) groups excluding carboxylic acids is 8. The van der Waals surface area contributed by atoms with Crippen LogP contribution in [-0.4, -0.2) is 192 Å². The molecule has 540 valence electrons. The Morgan fingerprint density at radius 3 is 0.789 bits per heavy atom. The predicted octanol–water partition coefficient (Wildman–Crippen LogP) is 12.3. The molecule has 0 aliphatic carbocycles. The minimum absolute atomic E-state index is 0.0192. The minimum Gasteiger partial charge on any atom is -0.368 e. The highest BCUT2D eigenvalue weighted by Gasteiger charge is 2.31. The molecule has 0 bridgehead atoms. The van der Waals surface area contributed by atoms with Crippen LogP contribution in [0.2, 0.25) is 0 Å². The van der Waals surface area contributed by atoms with Crippen molar-refractivity contribution in [1.29, 1.82) is 0 Å². The average Bonchev–Trinajstić information content (AvgIpc) is 0.919. The van der Waals surface area contributed by atoms with Crippen LogP contribution >= 0.6 is 0 Å². The standard InChI is InChI=1S/C77H134N10O8/c1-7-11-15-19-23-27-31-41-52-81(60-70(79)88)72(90)61-82(53-42-32-28-24-20-16-12-8-2)73(91)62-83(54-43-33-29-25-21-17-13-9-3)74(92)63-84(55-44-34-30-26-22-18-14-10-4)75(93)64-85(56-49-68-45-37-35-38-46-68)76(94)65-86(57-50-69-47-39-36-40-48-69)77(95)66-87(58-51-78)71(89)59-80-67(5)6/h35-40,45-48,67,80H,7-34,41-44,49-66,78H2,1-6H3,(H2,79,88). The summed E-state index contributed by atoms with van der Waals surface area (Å²) in [5, 5.41) is 3.14.